The van der Waals surface area contributed by atoms with E-state index < -0.39 is 36.4 Å². The average Bonchev–Trinajstić information content (AvgIpc) is 3.15. The molecule has 6 heteroatoms. The van der Waals surface area contributed by atoms with Gasteiger partial charge in [0.25, 0.3) is 6.29 Å². The van der Waals surface area contributed by atoms with Crippen LogP contribution in [0.2, 0.25) is 0 Å². The molecule has 0 bridgehead atoms. The first-order chi connectivity index (χ1) is 11.9. The van der Waals surface area contributed by atoms with Crippen molar-refractivity contribution in [3.63, 3.8) is 0 Å². The summed E-state index contributed by atoms with van der Waals surface area (Å²) in [7, 11) is 0. The molecule has 1 aliphatic carbocycles. The van der Waals surface area contributed by atoms with Gasteiger partial charge in [-0.25, -0.2) is 9.59 Å². The number of carbonyl (C=O) groups is 2. The van der Waals surface area contributed by atoms with Crippen molar-refractivity contribution in [3.8, 4) is 0 Å². The molecule has 6 nitrogen and oxygen atoms in total. The summed E-state index contributed by atoms with van der Waals surface area (Å²) in [4.78, 5) is 23.6. The van der Waals surface area contributed by atoms with E-state index in [-0.39, 0.29) is 5.57 Å². The van der Waals surface area contributed by atoms with Gasteiger partial charge in [0.15, 0.2) is 0 Å². The number of aliphatic hydroxyl groups is 1. The van der Waals surface area contributed by atoms with Crippen LogP contribution in [0, 0.1) is 19.8 Å². The number of cyclic esters (lactones) is 1. The van der Waals surface area contributed by atoms with Gasteiger partial charge in [-0.2, -0.15) is 0 Å². The highest BCUT2D eigenvalue weighted by Crippen LogP contribution is 2.54. The number of benzene rings is 1. The van der Waals surface area contributed by atoms with Crippen molar-refractivity contribution in [2.45, 2.75) is 39.3 Å². The number of hydrogen-bond donors (Lipinski definition) is 1. The summed E-state index contributed by atoms with van der Waals surface area (Å²) in [5.74, 6) is -1.49. The van der Waals surface area contributed by atoms with E-state index in [0.29, 0.717) is 5.57 Å². The van der Waals surface area contributed by atoms with Crippen LogP contribution >= 0.6 is 0 Å². The number of rotatable bonds is 2. The van der Waals surface area contributed by atoms with E-state index in [9.17, 15) is 14.7 Å². The van der Waals surface area contributed by atoms with Crippen LogP contribution in [0.4, 0.5) is 0 Å². The van der Waals surface area contributed by atoms with Crippen molar-refractivity contribution in [2.24, 2.45) is 5.92 Å². The highest BCUT2D eigenvalue weighted by atomic mass is 16.7. The lowest BCUT2D eigenvalue weighted by Crippen LogP contribution is -2.14. The zero-order valence-electron chi connectivity index (χ0n) is 14.1. The quantitative estimate of drug-likeness (QED) is 0.504. The number of hydrogen-bond acceptors (Lipinski definition) is 6. The standard InChI is InChI=1S/C19H18O6/c1-8-4-5-11-14(10(8)3)17-15(16(11)20)12(19(22)25-17)7-23-13-6-9(2)18(21)24-13/h4-7,13,15-17,20H,1-3H3/b12-7-/t13-,15-,16+,17+/m1/s1. The minimum Gasteiger partial charge on any atom is -0.458 e. The van der Waals surface area contributed by atoms with Gasteiger partial charge in [-0.1, -0.05) is 12.1 Å². The molecule has 0 unspecified atom stereocenters. The Bertz CT molecular complexity index is 850. The van der Waals surface area contributed by atoms with Gasteiger partial charge in [-0.15, -0.1) is 0 Å². The Morgan fingerprint density at radius 3 is 2.56 bits per heavy atom. The van der Waals surface area contributed by atoms with Crippen molar-refractivity contribution >= 4 is 11.9 Å². The lowest BCUT2D eigenvalue weighted by atomic mass is 9.95. The Morgan fingerprint density at radius 1 is 1.12 bits per heavy atom. The summed E-state index contributed by atoms with van der Waals surface area (Å²) < 4.78 is 15.9. The topological polar surface area (TPSA) is 82.1 Å². The van der Waals surface area contributed by atoms with E-state index in [1.54, 1.807) is 6.92 Å². The van der Waals surface area contributed by atoms with Gasteiger partial charge in [0.2, 0.25) is 0 Å². The Kier molecular flexibility index (Phi) is 3.47. The van der Waals surface area contributed by atoms with Gasteiger partial charge in [-0.05, 0) is 37.5 Å². The molecule has 3 aliphatic rings. The fourth-order valence-corrected chi connectivity index (χ4v) is 3.66. The molecule has 1 fully saturated rings. The number of aryl methyl sites for hydroxylation is 1. The molecule has 0 amide bonds. The van der Waals surface area contributed by atoms with Gasteiger partial charge < -0.3 is 19.3 Å². The average molecular weight is 342 g/mol. The molecule has 1 aromatic carbocycles. The van der Waals surface area contributed by atoms with E-state index in [4.69, 9.17) is 14.2 Å². The molecule has 1 saturated heterocycles. The molecular formula is C19H18O6. The number of aliphatic hydroxyl groups excluding tert-OH is 1. The number of fused-ring (bicyclic) bond motifs is 3. The molecule has 0 aromatic heterocycles. The monoisotopic (exact) mass is 342 g/mol. The molecule has 1 aromatic rings. The third kappa shape index (κ3) is 2.28. The first-order valence-corrected chi connectivity index (χ1v) is 8.12. The predicted octanol–water partition coefficient (Wildman–Crippen LogP) is 2.29. The summed E-state index contributed by atoms with van der Waals surface area (Å²) >= 11 is 0. The van der Waals surface area contributed by atoms with Crippen LogP contribution in [0.1, 0.15) is 41.4 Å². The first kappa shape index (κ1) is 15.9. The second-order valence-electron chi connectivity index (χ2n) is 6.64. The summed E-state index contributed by atoms with van der Waals surface area (Å²) in [6.45, 7) is 5.57. The molecule has 1 N–H and O–H groups in total. The maximum Gasteiger partial charge on any atom is 0.338 e. The Hall–Kier alpha value is -2.60. The van der Waals surface area contributed by atoms with Crippen LogP contribution in [0.5, 0.6) is 0 Å². The van der Waals surface area contributed by atoms with Crippen LogP contribution in [-0.2, 0) is 23.8 Å². The van der Waals surface area contributed by atoms with E-state index >= 15 is 0 Å². The minimum absolute atomic E-state index is 0.250. The fourth-order valence-electron chi connectivity index (χ4n) is 3.66. The summed E-state index contributed by atoms with van der Waals surface area (Å²) in [5, 5.41) is 10.7. The molecule has 130 valence electrons. The van der Waals surface area contributed by atoms with Crippen LogP contribution in [0.3, 0.4) is 0 Å². The fraction of sp³-hybridized carbons (Fsp3) is 0.368. The van der Waals surface area contributed by atoms with Crippen molar-refractivity contribution in [1.29, 1.82) is 0 Å². The van der Waals surface area contributed by atoms with Crippen LogP contribution < -0.4 is 0 Å². The molecule has 25 heavy (non-hydrogen) atoms. The van der Waals surface area contributed by atoms with Crippen molar-refractivity contribution in [3.05, 3.63) is 57.9 Å². The number of esters is 2. The molecule has 0 saturated carbocycles. The van der Waals surface area contributed by atoms with E-state index in [2.05, 4.69) is 0 Å². The van der Waals surface area contributed by atoms with Gasteiger partial charge >= 0.3 is 11.9 Å². The molecule has 4 rings (SSSR count). The van der Waals surface area contributed by atoms with Gasteiger partial charge in [-0.3, -0.25) is 0 Å². The Labute approximate surface area is 144 Å². The third-order valence-corrected chi connectivity index (χ3v) is 5.18. The Morgan fingerprint density at radius 2 is 1.88 bits per heavy atom. The van der Waals surface area contributed by atoms with E-state index in [1.165, 1.54) is 12.3 Å². The highest BCUT2D eigenvalue weighted by Gasteiger charge is 2.52. The third-order valence-electron chi connectivity index (χ3n) is 5.18. The van der Waals surface area contributed by atoms with Gasteiger partial charge in [0, 0.05) is 17.2 Å². The van der Waals surface area contributed by atoms with Crippen LogP contribution in [0.15, 0.2) is 35.6 Å². The van der Waals surface area contributed by atoms with E-state index in [0.717, 1.165) is 22.3 Å². The molecule has 2 aliphatic heterocycles. The lowest BCUT2D eigenvalue weighted by Gasteiger charge is -2.13. The van der Waals surface area contributed by atoms with Crippen LogP contribution in [-0.4, -0.2) is 23.3 Å². The maximum atomic E-state index is 12.3. The van der Waals surface area contributed by atoms with Crippen molar-refractivity contribution in [2.75, 3.05) is 0 Å². The Balaban J connectivity index is 1.65. The van der Waals surface area contributed by atoms with Crippen molar-refractivity contribution in [1.82, 2.24) is 0 Å². The predicted molar refractivity (Wildman–Crippen MR) is 86.0 cm³/mol. The lowest BCUT2D eigenvalue weighted by molar-refractivity contribution is -0.152. The van der Waals surface area contributed by atoms with E-state index in [1.807, 2.05) is 26.0 Å². The van der Waals surface area contributed by atoms with Gasteiger partial charge in [0.05, 0.1) is 23.9 Å². The highest BCUT2D eigenvalue weighted by molar-refractivity contribution is 5.92. The van der Waals surface area contributed by atoms with Crippen molar-refractivity contribution < 1.29 is 28.9 Å². The number of carbonyl (C=O) groups excluding carboxylic acids is 2. The normalized spacial score (nSPS) is 31.5. The van der Waals surface area contributed by atoms with Gasteiger partial charge in [0.1, 0.15) is 6.10 Å². The second-order valence-corrected chi connectivity index (χ2v) is 6.64. The maximum absolute atomic E-state index is 12.3. The molecular weight excluding hydrogens is 324 g/mol. The molecule has 0 radical (unpaired) electrons. The number of ether oxygens (including phenoxy) is 3. The van der Waals surface area contributed by atoms with Crippen LogP contribution in [0.25, 0.3) is 0 Å². The summed E-state index contributed by atoms with van der Waals surface area (Å²) in [6, 6.07) is 3.82. The molecule has 4 atom stereocenters. The molecule has 2 heterocycles. The zero-order valence-corrected chi connectivity index (χ0v) is 14.1. The summed E-state index contributed by atoms with van der Waals surface area (Å²) in [5.41, 5.74) is 4.45. The minimum atomic E-state index is -0.864. The molecule has 0 spiro atoms. The smallest absolute Gasteiger partial charge is 0.338 e. The second kappa shape index (κ2) is 5.46. The largest absolute Gasteiger partial charge is 0.458 e. The summed E-state index contributed by atoms with van der Waals surface area (Å²) in [6.07, 6.45) is 0.554. The first-order valence-electron chi connectivity index (χ1n) is 8.12. The zero-order chi connectivity index (χ0) is 17.9. The SMILES string of the molecule is CC1=C[C@H](O/C=C2\C(=O)O[C@H]3c4c(ccc(C)c4C)[C@H](O)[C@@H]23)OC1=O.